The maximum atomic E-state index is 13.0. The Bertz CT molecular complexity index is 1280. The lowest BCUT2D eigenvalue weighted by molar-refractivity contribution is -0.142. The van der Waals surface area contributed by atoms with Gasteiger partial charge in [-0.2, -0.15) is 11.8 Å². The minimum atomic E-state index is -1.17. The van der Waals surface area contributed by atoms with Crippen molar-refractivity contribution in [3.05, 3.63) is 71.9 Å². The highest BCUT2D eigenvalue weighted by molar-refractivity contribution is 7.98. The number of H-pyrrole nitrogens is 1. The lowest BCUT2D eigenvalue weighted by Crippen LogP contribution is -2.56. The topological polar surface area (TPSA) is 166 Å². The van der Waals surface area contributed by atoms with Gasteiger partial charge >= 0.3 is 5.97 Å². The van der Waals surface area contributed by atoms with E-state index in [1.165, 1.54) is 18.7 Å². The summed E-state index contributed by atoms with van der Waals surface area (Å²) in [6, 6.07) is 12.7. The van der Waals surface area contributed by atoms with E-state index in [-0.39, 0.29) is 19.3 Å². The molecule has 10 nitrogen and oxygen atoms in total. The monoisotopic (exact) mass is 553 g/mol. The zero-order valence-corrected chi connectivity index (χ0v) is 22.8. The zero-order valence-electron chi connectivity index (χ0n) is 22.0. The van der Waals surface area contributed by atoms with Gasteiger partial charge < -0.3 is 31.8 Å². The first-order valence-electron chi connectivity index (χ1n) is 12.7. The molecule has 1 aromatic heterocycles. The summed E-state index contributed by atoms with van der Waals surface area (Å²) in [5.74, 6) is -2.28. The summed E-state index contributed by atoms with van der Waals surface area (Å²) in [6.45, 7) is 1.50. The third-order valence-corrected chi connectivity index (χ3v) is 6.99. The number of nitrogens with two attached hydrogens (primary N) is 1. The van der Waals surface area contributed by atoms with E-state index >= 15 is 0 Å². The largest absolute Gasteiger partial charge is 0.480 e. The first kappa shape index (κ1) is 29.7. The summed E-state index contributed by atoms with van der Waals surface area (Å²) in [4.78, 5) is 53.6. The highest BCUT2D eigenvalue weighted by Gasteiger charge is 2.29. The van der Waals surface area contributed by atoms with E-state index < -0.39 is 47.9 Å². The van der Waals surface area contributed by atoms with Crippen LogP contribution >= 0.6 is 11.8 Å². The van der Waals surface area contributed by atoms with E-state index in [9.17, 15) is 24.3 Å². The number of aromatic amines is 1. The lowest BCUT2D eigenvalue weighted by Gasteiger charge is -2.23. The number of para-hydroxylation sites is 1. The fraction of sp³-hybridized carbons (Fsp3) is 0.357. The highest BCUT2D eigenvalue weighted by atomic mass is 32.2. The van der Waals surface area contributed by atoms with E-state index in [1.807, 2.05) is 42.8 Å². The number of carboxylic acids is 1. The normalized spacial score (nSPS) is 14.1. The smallest absolute Gasteiger partial charge is 0.326 e. The van der Waals surface area contributed by atoms with Crippen LogP contribution in [-0.4, -0.2) is 70.0 Å². The van der Waals surface area contributed by atoms with Crippen LogP contribution in [0.15, 0.2) is 60.8 Å². The van der Waals surface area contributed by atoms with Crippen LogP contribution in [0.1, 0.15) is 24.5 Å². The molecule has 3 aromatic rings. The number of nitrogens with one attached hydrogen (secondary N) is 4. The molecule has 0 saturated heterocycles. The van der Waals surface area contributed by atoms with Crippen molar-refractivity contribution in [3.63, 3.8) is 0 Å². The molecule has 11 heteroatoms. The second-order valence-electron chi connectivity index (χ2n) is 9.33. The average Bonchev–Trinajstić information content (AvgIpc) is 3.33. The van der Waals surface area contributed by atoms with Crippen LogP contribution in [0.3, 0.4) is 0 Å². The van der Waals surface area contributed by atoms with Crippen molar-refractivity contribution in [2.24, 2.45) is 5.73 Å². The first-order valence-corrected chi connectivity index (χ1v) is 14.1. The van der Waals surface area contributed by atoms with Crippen molar-refractivity contribution in [1.29, 1.82) is 0 Å². The molecule has 0 aliphatic carbocycles. The molecule has 1 heterocycles. The summed E-state index contributed by atoms with van der Waals surface area (Å²) < 4.78 is 0. The molecule has 0 spiro atoms. The van der Waals surface area contributed by atoms with Crippen molar-refractivity contribution < 1.29 is 24.3 Å². The second-order valence-corrected chi connectivity index (χ2v) is 10.3. The third-order valence-electron chi connectivity index (χ3n) is 6.34. The van der Waals surface area contributed by atoms with Crippen LogP contribution in [-0.2, 0) is 32.0 Å². The number of amides is 3. The molecule has 0 aliphatic rings. The van der Waals surface area contributed by atoms with Crippen LogP contribution < -0.4 is 21.7 Å². The number of carboxylic acid groups (broad SMARTS) is 1. The van der Waals surface area contributed by atoms with Crippen LogP contribution in [0, 0.1) is 0 Å². The Kier molecular flexibility index (Phi) is 10.9. The van der Waals surface area contributed by atoms with Gasteiger partial charge in [0.25, 0.3) is 0 Å². The lowest BCUT2D eigenvalue weighted by atomic mass is 10.0. The van der Waals surface area contributed by atoms with Crippen molar-refractivity contribution in [2.45, 2.75) is 50.4 Å². The van der Waals surface area contributed by atoms with E-state index in [4.69, 9.17) is 5.73 Å². The molecule has 0 fully saturated rings. The van der Waals surface area contributed by atoms with Gasteiger partial charge in [0.15, 0.2) is 0 Å². The van der Waals surface area contributed by atoms with Crippen molar-refractivity contribution in [1.82, 2.24) is 20.9 Å². The predicted octanol–water partition coefficient (Wildman–Crippen LogP) is 1.59. The number of hydrogen-bond donors (Lipinski definition) is 6. The molecule has 3 rings (SSSR count). The number of carbonyl (C=O) groups is 4. The van der Waals surface area contributed by atoms with Gasteiger partial charge in [-0.1, -0.05) is 48.5 Å². The molecule has 0 bridgehead atoms. The molecule has 39 heavy (non-hydrogen) atoms. The van der Waals surface area contributed by atoms with E-state index in [0.29, 0.717) is 5.75 Å². The average molecular weight is 554 g/mol. The Morgan fingerprint density at radius 3 is 2.26 bits per heavy atom. The Morgan fingerprint density at radius 2 is 1.56 bits per heavy atom. The summed E-state index contributed by atoms with van der Waals surface area (Å²) in [6.07, 6.45) is 4.35. The van der Waals surface area contributed by atoms with Gasteiger partial charge in [-0.25, -0.2) is 4.79 Å². The van der Waals surface area contributed by atoms with Gasteiger partial charge in [-0.05, 0) is 49.0 Å². The quantitative estimate of drug-likeness (QED) is 0.176. The fourth-order valence-electron chi connectivity index (χ4n) is 4.14. The van der Waals surface area contributed by atoms with Crippen molar-refractivity contribution in [3.8, 4) is 0 Å². The van der Waals surface area contributed by atoms with Crippen LogP contribution in [0.2, 0.25) is 0 Å². The molecule has 0 aliphatic heterocycles. The Morgan fingerprint density at radius 1 is 0.897 bits per heavy atom. The van der Waals surface area contributed by atoms with Gasteiger partial charge in [0.05, 0.1) is 6.04 Å². The van der Waals surface area contributed by atoms with Crippen molar-refractivity contribution >= 4 is 46.4 Å². The Balaban J connectivity index is 1.58. The van der Waals surface area contributed by atoms with Gasteiger partial charge in [0.2, 0.25) is 17.7 Å². The van der Waals surface area contributed by atoms with Crippen LogP contribution in [0.25, 0.3) is 10.9 Å². The molecular formula is C28H35N5O5S. The molecule has 4 atom stereocenters. The maximum Gasteiger partial charge on any atom is 0.326 e. The van der Waals surface area contributed by atoms with E-state index in [0.717, 1.165) is 22.0 Å². The number of aliphatic carboxylic acids is 1. The van der Waals surface area contributed by atoms with Crippen LogP contribution in [0.5, 0.6) is 0 Å². The van der Waals surface area contributed by atoms with Gasteiger partial charge in [-0.15, -0.1) is 0 Å². The second kappa shape index (κ2) is 14.4. The summed E-state index contributed by atoms with van der Waals surface area (Å²) in [5.41, 5.74) is 8.72. The molecule has 4 unspecified atom stereocenters. The van der Waals surface area contributed by atoms with Gasteiger partial charge in [-0.3, -0.25) is 14.4 Å². The molecule has 0 saturated carbocycles. The number of thioether (sulfide) groups is 1. The molecule has 2 aromatic carbocycles. The summed E-state index contributed by atoms with van der Waals surface area (Å²) >= 11 is 1.49. The van der Waals surface area contributed by atoms with Crippen molar-refractivity contribution in [2.75, 3.05) is 12.0 Å². The number of carbonyl (C=O) groups excluding carboxylic acids is 3. The van der Waals surface area contributed by atoms with E-state index in [2.05, 4.69) is 20.9 Å². The number of benzene rings is 2. The zero-order chi connectivity index (χ0) is 28.4. The maximum absolute atomic E-state index is 13.0. The standard InChI is InChI=1S/C28H35N5O5S/c1-17(31-26(35)21(29)15-19-16-30-22-11-7-6-10-20(19)22)25(34)32-23(12-13-39-2)27(36)33-24(28(37)38)14-18-8-4-3-5-9-18/h3-11,16-17,21,23-24,30H,12-15,29H2,1-2H3,(H,31,35)(H,32,34)(H,33,36)(H,37,38). The summed E-state index contributed by atoms with van der Waals surface area (Å²) in [7, 11) is 0. The Hall–Kier alpha value is -3.83. The Labute approximate surface area is 231 Å². The number of hydrogen-bond acceptors (Lipinski definition) is 6. The van der Waals surface area contributed by atoms with Crippen LogP contribution in [0.4, 0.5) is 0 Å². The first-order chi connectivity index (χ1) is 18.7. The number of fused-ring (bicyclic) bond motifs is 1. The molecule has 208 valence electrons. The third kappa shape index (κ3) is 8.59. The molecular weight excluding hydrogens is 518 g/mol. The molecule has 0 radical (unpaired) electrons. The van der Waals surface area contributed by atoms with Gasteiger partial charge in [0.1, 0.15) is 18.1 Å². The SMILES string of the molecule is CSCCC(NC(=O)C(C)NC(=O)C(N)Cc1c[nH]c2ccccc12)C(=O)NC(Cc1ccccc1)C(=O)O. The van der Waals surface area contributed by atoms with Gasteiger partial charge in [0, 0.05) is 23.5 Å². The molecule has 7 N–H and O–H groups in total. The number of aromatic nitrogens is 1. The summed E-state index contributed by atoms with van der Waals surface area (Å²) in [5, 5.41) is 18.4. The predicted molar refractivity (Wildman–Crippen MR) is 152 cm³/mol. The molecule has 3 amide bonds. The highest BCUT2D eigenvalue weighted by Crippen LogP contribution is 2.18. The fourth-order valence-corrected chi connectivity index (χ4v) is 4.61. The minimum Gasteiger partial charge on any atom is -0.480 e. The number of rotatable bonds is 14. The minimum absolute atomic E-state index is 0.103. The van der Waals surface area contributed by atoms with E-state index in [1.54, 1.807) is 24.3 Å².